The summed E-state index contributed by atoms with van der Waals surface area (Å²) >= 11 is 1.14. The average molecular weight is 277 g/mol. The molecule has 0 amide bonds. The number of benzene rings is 1. The van der Waals surface area contributed by atoms with Crippen LogP contribution in [0, 0.1) is 13.8 Å². The number of aryl methyl sites for hydroxylation is 2. The highest BCUT2D eigenvalue weighted by molar-refractivity contribution is 7.12. The van der Waals surface area contributed by atoms with Gasteiger partial charge in [-0.15, -0.1) is 11.3 Å². The van der Waals surface area contributed by atoms with Crippen molar-refractivity contribution >= 4 is 17.3 Å². The summed E-state index contributed by atoms with van der Waals surface area (Å²) in [6.07, 6.45) is 0. The maximum Gasteiger partial charge on any atom is 0.348 e. The van der Waals surface area contributed by atoms with Gasteiger partial charge in [0.1, 0.15) is 10.6 Å². The molecule has 0 spiro atoms. The Labute approximate surface area is 115 Å². The molecule has 0 saturated carbocycles. The van der Waals surface area contributed by atoms with Crippen molar-refractivity contribution in [3.63, 3.8) is 0 Å². The third kappa shape index (κ3) is 2.61. The van der Waals surface area contributed by atoms with E-state index in [0.29, 0.717) is 12.3 Å². The highest BCUT2D eigenvalue weighted by Gasteiger charge is 2.17. The number of ether oxygens (including phenoxy) is 1. The van der Waals surface area contributed by atoms with E-state index < -0.39 is 5.97 Å². The first kappa shape index (κ1) is 13.5. The molecular formula is C14H15NO3S. The molecule has 0 aliphatic rings. The summed E-state index contributed by atoms with van der Waals surface area (Å²) in [5.74, 6) is -0.112. The van der Waals surface area contributed by atoms with Crippen LogP contribution in [0.25, 0.3) is 11.3 Å². The van der Waals surface area contributed by atoms with Gasteiger partial charge in [0.05, 0.1) is 17.8 Å². The van der Waals surface area contributed by atoms with Crippen molar-refractivity contribution in [2.24, 2.45) is 0 Å². The van der Waals surface area contributed by atoms with E-state index in [1.165, 1.54) is 0 Å². The Bertz CT molecular complexity index is 619. The Morgan fingerprint density at radius 1 is 1.37 bits per heavy atom. The SMILES string of the molecule is CCOc1cc(C)c(-c2ncsc2C(=O)O)cc1C. The molecule has 100 valence electrons. The lowest BCUT2D eigenvalue weighted by Crippen LogP contribution is -1.99. The fraction of sp³-hybridized carbons (Fsp3) is 0.286. The fourth-order valence-electron chi connectivity index (χ4n) is 1.95. The Hall–Kier alpha value is -1.88. The number of aromatic nitrogens is 1. The number of aromatic carboxylic acids is 1. The largest absolute Gasteiger partial charge is 0.494 e. The van der Waals surface area contributed by atoms with Crippen molar-refractivity contribution in [2.45, 2.75) is 20.8 Å². The Balaban J connectivity index is 2.54. The molecule has 0 aliphatic carbocycles. The topological polar surface area (TPSA) is 59.4 Å². The van der Waals surface area contributed by atoms with Crippen LogP contribution in [-0.4, -0.2) is 22.7 Å². The molecule has 19 heavy (non-hydrogen) atoms. The molecule has 1 N–H and O–H groups in total. The van der Waals surface area contributed by atoms with Crippen LogP contribution in [0.5, 0.6) is 5.75 Å². The highest BCUT2D eigenvalue weighted by Crippen LogP contribution is 2.32. The van der Waals surface area contributed by atoms with Gasteiger partial charge >= 0.3 is 5.97 Å². The van der Waals surface area contributed by atoms with Gasteiger partial charge in [0.15, 0.2) is 0 Å². The maximum atomic E-state index is 11.2. The average Bonchev–Trinajstić information content (AvgIpc) is 2.82. The van der Waals surface area contributed by atoms with Gasteiger partial charge in [-0.05, 0) is 44.0 Å². The Morgan fingerprint density at radius 2 is 2.11 bits per heavy atom. The van der Waals surface area contributed by atoms with Crippen molar-refractivity contribution in [2.75, 3.05) is 6.61 Å². The summed E-state index contributed by atoms with van der Waals surface area (Å²) in [7, 11) is 0. The zero-order valence-corrected chi connectivity index (χ0v) is 11.9. The van der Waals surface area contributed by atoms with E-state index in [-0.39, 0.29) is 4.88 Å². The van der Waals surface area contributed by atoms with Crippen LogP contribution in [-0.2, 0) is 0 Å². The van der Waals surface area contributed by atoms with Gasteiger partial charge in [-0.2, -0.15) is 0 Å². The number of carboxylic acids is 1. The van der Waals surface area contributed by atoms with E-state index in [1.807, 2.05) is 32.9 Å². The second kappa shape index (κ2) is 5.40. The maximum absolute atomic E-state index is 11.2. The van der Waals surface area contributed by atoms with Crippen LogP contribution in [0.2, 0.25) is 0 Å². The first-order valence-electron chi connectivity index (χ1n) is 5.95. The Morgan fingerprint density at radius 3 is 2.74 bits per heavy atom. The van der Waals surface area contributed by atoms with Crippen LogP contribution in [0.1, 0.15) is 27.7 Å². The lowest BCUT2D eigenvalue weighted by Gasteiger charge is -2.11. The number of nitrogens with zero attached hydrogens (tertiary/aromatic N) is 1. The molecule has 0 bridgehead atoms. The summed E-state index contributed by atoms with van der Waals surface area (Å²) in [5.41, 5.74) is 4.87. The number of hydrogen-bond acceptors (Lipinski definition) is 4. The number of rotatable bonds is 4. The second-order valence-electron chi connectivity index (χ2n) is 4.20. The third-order valence-electron chi connectivity index (χ3n) is 2.84. The summed E-state index contributed by atoms with van der Waals surface area (Å²) < 4.78 is 5.53. The molecule has 4 nitrogen and oxygen atoms in total. The van der Waals surface area contributed by atoms with Gasteiger partial charge in [-0.1, -0.05) is 0 Å². The van der Waals surface area contributed by atoms with Crippen molar-refractivity contribution < 1.29 is 14.6 Å². The first-order chi connectivity index (χ1) is 9.04. The predicted octanol–water partition coefficient (Wildman–Crippen LogP) is 3.52. The van der Waals surface area contributed by atoms with Gasteiger partial charge in [-0.25, -0.2) is 9.78 Å². The van der Waals surface area contributed by atoms with Crippen LogP contribution < -0.4 is 4.74 Å². The number of carboxylic acid groups (broad SMARTS) is 1. The number of hydrogen-bond donors (Lipinski definition) is 1. The van der Waals surface area contributed by atoms with Crippen molar-refractivity contribution in [1.29, 1.82) is 0 Å². The first-order valence-corrected chi connectivity index (χ1v) is 6.83. The van der Waals surface area contributed by atoms with Crippen molar-refractivity contribution in [3.8, 4) is 17.0 Å². The number of thiazole rings is 1. The van der Waals surface area contributed by atoms with Gasteiger partial charge in [0.25, 0.3) is 0 Å². The molecule has 1 aromatic carbocycles. The van der Waals surface area contributed by atoms with Crippen molar-refractivity contribution in [1.82, 2.24) is 4.98 Å². The minimum atomic E-state index is -0.941. The molecule has 0 fully saturated rings. The molecule has 0 radical (unpaired) electrons. The van der Waals surface area contributed by atoms with Gasteiger partial charge in [-0.3, -0.25) is 0 Å². The lowest BCUT2D eigenvalue weighted by molar-refractivity contribution is 0.0702. The van der Waals surface area contributed by atoms with Gasteiger partial charge in [0.2, 0.25) is 0 Å². The monoisotopic (exact) mass is 277 g/mol. The van der Waals surface area contributed by atoms with E-state index in [0.717, 1.165) is 33.8 Å². The fourth-order valence-corrected chi connectivity index (χ4v) is 2.58. The van der Waals surface area contributed by atoms with Gasteiger partial charge < -0.3 is 9.84 Å². The zero-order valence-electron chi connectivity index (χ0n) is 11.1. The minimum Gasteiger partial charge on any atom is -0.494 e. The minimum absolute atomic E-state index is 0.270. The summed E-state index contributed by atoms with van der Waals surface area (Å²) in [5, 5.41) is 9.16. The Kier molecular flexibility index (Phi) is 3.85. The molecule has 0 unspecified atom stereocenters. The summed E-state index contributed by atoms with van der Waals surface area (Å²) in [4.78, 5) is 15.6. The lowest BCUT2D eigenvalue weighted by atomic mass is 10.0. The molecule has 1 heterocycles. The van der Waals surface area contributed by atoms with Crippen LogP contribution >= 0.6 is 11.3 Å². The van der Waals surface area contributed by atoms with E-state index >= 15 is 0 Å². The van der Waals surface area contributed by atoms with E-state index in [2.05, 4.69) is 4.98 Å². The second-order valence-corrected chi connectivity index (χ2v) is 5.06. The van der Waals surface area contributed by atoms with Crippen LogP contribution in [0.4, 0.5) is 0 Å². The summed E-state index contributed by atoms with van der Waals surface area (Å²) in [6.45, 7) is 6.42. The van der Waals surface area contributed by atoms with E-state index in [4.69, 9.17) is 9.84 Å². The molecule has 2 aromatic rings. The van der Waals surface area contributed by atoms with Crippen molar-refractivity contribution in [3.05, 3.63) is 33.6 Å². The van der Waals surface area contributed by atoms with E-state index in [9.17, 15) is 4.79 Å². The quantitative estimate of drug-likeness (QED) is 0.928. The van der Waals surface area contributed by atoms with Crippen LogP contribution in [0.15, 0.2) is 17.6 Å². The molecule has 5 heteroatoms. The smallest absolute Gasteiger partial charge is 0.348 e. The molecular weight excluding hydrogens is 262 g/mol. The predicted molar refractivity (Wildman–Crippen MR) is 75.2 cm³/mol. The summed E-state index contributed by atoms with van der Waals surface area (Å²) in [6, 6.07) is 3.86. The van der Waals surface area contributed by atoms with Gasteiger partial charge in [0, 0.05) is 5.56 Å². The molecule has 1 aromatic heterocycles. The normalized spacial score (nSPS) is 10.5. The molecule has 0 atom stereocenters. The number of carbonyl (C=O) groups is 1. The molecule has 0 aliphatic heterocycles. The standard InChI is InChI=1S/C14H15NO3S/c1-4-18-11-6-8(2)10(5-9(11)3)12-13(14(16)17)19-7-15-12/h5-7H,4H2,1-3H3,(H,16,17). The molecule has 0 saturated heterocycles. The van der Waals surface area contributed by atoms with Crippen LogP contribution in [0.3, 0.4) is 0 Å². The van der Waals surface area contributed by atoms with E-state index in [1.54, 1.807) is 5.51 Å². The third-order valence-corrected chi connectivity index (χ3v) is 3.65. The zero-order chi connectivity index (χ0) is 14.0. The molecule has 2 rings (SSSR count). The highest BCUT2D eigenvalue weighted by atomic mass is 32.1.